The fourth-order valence-corrected chi connectivity index (χ4v) is 4.36. The fraction of sp³-hybridized carbons (Fsp3) is 0.286. The second-order valence-corrected chi connectivity index (χ2v) is 8.61. The van der Waals surface area contributed by atoms with Crippen molar-refractivity contribution in [1.82, 2.24) is 4.57 Å². The number of methoxy groups -OCH3 is 1. The maximum Gasteiger partial charge on any atom is 0.416 e. The molecule has 0 fully saturated rings. The van der Waals surface area contributed by atoms with Crippen LogP contribution in [0, 0.1) is 5.92 Å². The summed E-state index contributed by atoms with van der Waals surface area (Å²) in [5.41, 5.74) is 1.50. The Balaban J connectivity index is 2.11. The van der Waals surface area contributed by atoms with Gasteiger partial charge in [-0.05, 0) is 58.2 Å². The molecule has 2 aromatic carbocycles. The smallest absolute Gasteiger partial charge is 0.416 e. The van der Waals surface area contributed by atoms with Gasteiger partial charge in [0.2, 0.25) is 0 Å². The standard InChI is InChI=1S/C21H20BrF3N2OS/c1-13(2)11-27-18(14-7-8-19(28-3)17(22)9-14)12-29-20(27)26-16-6-4-5-15(10-16)21(23,24)25/h4-10,12-13H,11H2,1-3H3. The van der Waals surface area contributed by atoms with E-state index >= 15 is 0 Å². The highest BCUT2D eigenvalue weighted by Gasteiger charge is 2.30. The maximum absolute atomic E-state index is 13.0. The number of ether oxygens (including phenoxy) is 1. The molecule has 0 N–H and O–H groups in total. The van der Waals surface area contributed by atoms with Crippen LogP contribution in [0.4, 0.5) is 18.9 Å². The summed E-state index contributed by atoms with van der Waals surface area (Å²) >= 11 is 4.91. The van der Waals surface area contributed by atoms with Gasteiger partial charge in [0, 0.05) is 17.5 Å². The van der Waals surface area contributed by atoms with Crippen molar-refractivity contribution in [1.29, 1.82) is 0 Å². The van der Waals surface area contributed by atoms with Gasteiger partial charge < -0.3 is 9.30 Å². The molecule has 154 valence electrons. The molecule has 0 saturated heterocycles. The summed E-state index contributed by atoms with van der Waals surface area (Å²) in [6.07, 6.45) is -4.39. The number of benzene rings is 2. The number of thiazole rings is 1. The fourth-order valence-electron chi connectivity index (χ4n) is 2.88. The Labute approximate surface area is 179 Å². The van der Waals surface area contributed by atoms with Gasteiger partial charge in [0.15, 0.2) is 4.80 Å². The molecule has 0 saturated carbocycles. The molecular formula is C21H20BrF3N2OS. The number of halogens is 4. The molecule has 0 unspecified atom stereocenters. The Bertz CT molecular complexity index is 1070. The van der Waals surface area contributed by atoms with Crippen molar-refractivity contribution in [2.45, 2.75) is 26.6 Å². The average molecular weight is 485 g/mol. The first-order chi connectivity index (χ1) is 13.7. The molecule has 8 heteroatoms. The van der Waals surface area contributed by atoms with Crippen molar-refractivity contribution in [2.24, 2.45) is 10.9 Å². The summed E-state index contributed by atoms with van der Waals surface area (Å²) in [5, 5.41) is 1.98. The van der Waals surface area contributed by atoms with E-state index in [9.17, 15) is 13.2 Å². The summed E-state index contributed by atoms with van der Waals surface area (Å²) in [7, 11) is 1.61. The molecule has 0 amide bonds. The van der Waals surface area contributed by atoms with Crippen LogP contribution in [0.15, 0.2) is 57.3 Å². The van der Waals surface area contributed by atoms with Crippen LogP contribution in [0.5, 0.6) is 5.75 Å². The Morgan fingerprint density at radius 2 is 1.93 bits per heavy atom. The first-order valence-corrected chi connectivity index (χ1v) is 10.6. The van der Waals surface area contributed by atoms with E-state index in [-0.39, 0.29) is 5.69 Å². The number of hydrogen-bond acceptors (Lipinski definition) is 3. The summed E-state index contributed by atoms with van der Waals surface area (Å²) in [6.45, 7) is 4.87. The summed E-state index contributed by atoms with van der Waals surface area (Å²) < 4.78 is 47.2. The van der Waals surface area contributed by atoms with Crippen LogP contribution in [0.1, 0.15) is 19.4 Å². The van der Waals surface area contributed by atoms with E-state index in [0.717, 1.165) is 33.6 Å². The molecule has 0 aliphatic carbocycles. The van der Waals surface area contributed by atoms with Crippen LogP contribution in [0.2, 0.25) is 0 Å². The quantitative estimate of drug-likeness (QED) is 0.387. The molecule has 0 spiro atoms. The van der Waals surface area contributed by atoms with Gasteiger partial charge >= 0.3 is 6.18 Å². The second kappa shape index (κ2) is 8.75. The maximum atomic E-state index is 13.0. The van der Waals surface area contributed by atoms with Crippen molar-refractivity contribution >= 4 is 33.0 Å². The van der Waals surface area contributed by atoms with Gasteiger partial charge in [0.25, 0.3) is 0 Å². The van der Waals surface area contributed by atoms with E-state index in [0.29, 0.717) is 17.3 Å². The van der Waals surface area contributed by atoms with Crippen molar-refractivity contribution in [3.8, 4) is 17.0 Å². The first-order valence-electron chi connectivity index (χ1n) is 8.93. The number of rotatable bonds is 5. The summed E-state index contributed by atoms with van der Waals surface area (Å²) in [4.78, 5) is 5.17. The lowest BCUT2D eigenvalue weighted by atomic mass is 10.1. The van der Waals surface area contributed by atoms with E-state index in [2.05, 4.69) is 34.8 Å². The first kappa shape index (κ1) is 21.6. The molecule has 0 aliphatic rings. The predicted molar refractivity (Wildman–Crippen MR) is 114 cm³/mol. The molecule has 0 atom stereocenters. The van der Waals surface area contributed by atoms with Gasteiger partial charge in [0.05, 0.1) is 28.5 Å². The minimum atomic E-state index is -4.39. The molecule has 29 heavy (non-hydrogen) atoms. The SMILES string of the molecule is COc1ccc(-c2csc(=Nc3cccc(C(F)(F)F)c3)n2CC(C)C)cc1Br. The van der Waals surface area contributed by atoms with Crippen molar-refractivity contribution < 1.29 is 17.9 Å². The van der Waals surface area contributed by atoms with Crippen LogP contribution < -0.4 is 9.54 Å². The van der Waals surface area contributed by atoms with E-state index in [1.54, 1.807) is 13.2 Å². The van der Waals surface area contributed by atoms with Crippen molar-refractivity contribution in [3.05, 3.63) is 62.7 Å². The highest BCUT2D eigenvalue weighted by molar-refractivity contribution is 9.10. The number of nitrogens with zero attached hydrogens (tertiary/aromatic N) is 2. The number of hydrogen-bond donors (Lipinski definition) is 0. The summed E-state index contributed by atoms with van der Waals surface area (Å²) in [5.74, 6) is 1.07. The Hall–Kier alpha value is -2.06. The van der Waals surface area contributed by atoms with E-state index in [4.69, 9.17) is 4.74 Å². The third-order valence-corrected chi connectivity index (χ3v) is 5.67. The lowest BCUT2D eigenvalue weighted by Gasteiger charge is -2.13. The van der Waals surface area contributed by atoms with Crippen molar-refractivity contribution in [2.75, 3.05) is 7.11 Å². The minimum absolute atomic E-state index is 0.279. The van der Waals surface area contributed by atoms with Crippen LogP contribution in [-0.2, 0) is 12.7 Å². The Kier molecular flexibility index (Phi) is 6.53. The van der Waals surface area contributed by atoms with Crippen LogP contribution in [0.25, 0.3) is 11.3 Å². The normalized spacial score (nSPS) is 12.6. The molecular weight excluding hydrogens is 465 g/mol. The van der Waals surface area contributed by atoms with Crippen LogP contribution >= 0.6 is 27.3 Å². The molecule has 3 rings (SSSR count). The molecule has 0 bridgehead atoms. The van der Waals surface area contributed by atoms with E-state index in [1.165, 1.54) is 17.4 Å². The Morgan fingerprint density at radius 3 is 2.55 bits per heavy atom. The molecule has 0 radical (unpaired) electrons. The van der Waals surface area contributed by atoms with Gasteiger partial charge in [-0.25, -0.2) is 4.99 Å². The van der Waals surface area contributed by atoms with Gasteiger partial charge in [-0.2, -0.15) is 13.2 Å². The average Bonchev–Trinajstić information content (AvgIpc) is 3.03. The van der Waals surface area contributed by atoms with Gasteiger partial charge in [-0.15, -0.1) is 11.3 Å². The zero-order chi connectivity index (χ0) is 21.2. The van der Waals surface area contributed by atoms with Crippen LogP contribution in [-0.4, -0.2) is 11.7 Å². The zero-order valence-corrected chi connectivity index (χ0v) is 18.5. The highest BCUT2D eigenvalue weighted by Crippen LogP contribution is 2.32. The van der Waals surface area contributed by atoms with Gasteiger partial charge in [0.1, 0.15) is 5.75 Å². The lowest BCUT2D eigenvalue weighted by Crippen LogP contribution is -2.19. The lowest BCUT2D eigenvalue weighted by molar-refractivity contribution is -0.137. The van der Waals surface area contributed by atoms with E-state index in [1.807, 2.05) is 28.1 Å². The molecule has 3 aromatic rings. The number of aromatic nitrogens is 1. The summed E-state index contributed by atoms with van der Waals surface area (Å²) in [6, 6.07) is 10.9. The van der Waals surface area contributed by atoms with Crippen LogP contribution in [0.3, 0.4) is 0 Å². The third kappa shape index (κ3) is 5.11. The zero-order valence-electron chi connectivity index (χ0n) is 16.1. The van der Waals surface area contributed by atoms with Gasteiger partial charge in [-0.3, -0.25) is 0 Å². The topological polar surface area (TPSA) is 26.5 Å². The molecule has 3 nitrogen and oxygen atoms in total. The van der Waals surface area contributed by atoms with Crippen molar-refractivity contribution in [3.63, 3.8) is 0 Å². The molecule has 0 aliphatic heterocycles. The highest BCUT2D eigenvalue weighted by atomic mass is 79.9. The minimum Gasteiger partial charge on any atom is -0.496 e. The number of alkyl halides is 3. The monoisotopic (exact) mass is 484 g/mol. The van der Waals surface area contributed by atoms with E-state index < -0.39 is 11.7 Å². The largest absolute Gasteiger partial charge is 0.496 e. The Morgan fingerprint density at radius 1 is 1.17 bits per heavy atom. The predicted octanol–water partition coefficient (Wildman–Crippen LogP) is 6.89. The molecule has 1 aromatic heterocycles. The van der Waals surface area contributed by atoms with Gasteiger partial charge in [-0.1, -0.05) is 19.9 Å². The third-order valence-electron chi connectivity index (χ3n) is 4.19. The second-order valence-electron chi connectivity index (χ2n) is 6.92. The molecule has 1 heterocycles.